The van der Waals surface area contributed by atoms with E-state index in [-0.39, 0.29) is 0 Å². The second-order valence-electron chi connectivity index (χ2n) is 4.05. The molecule has 1 aliphatic rings. The topological polar surface area (TPSA) is 61.9 Å². The Morgan fingerprint density at radius 3 is 3.06 bits per heavy atom. The lowest BCUT2D eigenvalue weighted by molar-refractivity contribution is 0.787. The van der Waals surface area contributed by atoms with E-state index < -0.39 is 0 Å². The molecular formula is C11H19N5. The molecule has 0 aliphatic carbocycles. The lowest BCUT2D eigenvalue weighted by atomic mass is 10.2. The predicted molar refractivity (Wildman–Crippen MR) is 65.7 cm³/mol. The van der Waals surface area contributed by atoms with E-state index in [1.807, 2.05) is 6.07 Å². The minimum Gasteiger partial charge on any atom is -0.370 e. The fraction of sp³-hybridized carbons (Fsp3) is 0.636. The van der Waals surface area contributed by atoms with Gasteiger partial charge in [0, 0.05) is 25.2 Å². The summed E-state index contributed by atoms with van der Waals surface area (Å²) in [4.78, 5) is 8.39. The van der Waals surface area contributed by atoms with Gasteiger partial charge in [-0.15, -0.1) is 0 Å². The number of nitrogens with one attached hydrogen (secondary N) is 3. The summed E-state index contributed by atoms with van der Waals surface area (Å²) in [5.41, 5.74) is 0. The highest BCUT2D eigenvalue weighted by Crippen LogP contribution is 2.11. The Hall–Kier alpha value is -1.36. The van der Waals surface area contributed by atoms with Crippen molar-refractivity contribution in [3.8, 4) is 0 Å². The van der Waals surface area contributed by atoms with Crippen LogP contribution in [0.25, 0.3) is 0 Å². The van der Waals surface area contributed by atoms with Gasteiger partial charge in [-0.25, -0.2) is 9.97 Å². The quantitative estimate of drug-likeness (QED) is 0.694. The molecule has 0 radical (unpaired) electrons. The van der Waals surface area contributed by atoms with E-state index in [4.69, 9.17) is 0 Å². The van der Waals surface area contributed by atoms with Crippen LogP contribution in [0.3, 0.4) is 0 Å². The summed E-state index contributed by atoms with van der Waals surface area (Å²) >= 11 is 0. The summed E-state index contributed by atoms with van der Waals surface area (Å²) in [6.45, 7) is 5.18. The zero-order chi connectivity index (χ0) is 11.2. The molecule has 1 unspecified atom stereocenters. The Bertz CT molecular complexity index is 322. The molecule has 2 rings (SSSR count). The molecule has 88 valence electrons. The highest BCUT2D eigenvalue weighted by atomic mass is 15.1. The molecule has 2 heterocycles. The molecule has 1 aromatic heterocycles. The molecule has 5 heteroatoms. The molecule has 1 aliphatic heterocycles. The molecule has 1 fully saturated rings. The maximum Gasteiger partial charge on any atom is 0.131 e. The monoisotopic (exact) mass is 221 g/mol. The molecule has 1 aromatic rings. The molecular weight excluding hydrogens is 202 g/mol. The van der Waals surface area contributed by atoms with Crippen molar-refractivity contribution >= 4 is 11.6 Å². The first-order valence-corrected chi connectivity index (χ1v) is 5.91. The molecule has 1 saturated heterocycles. The van der Waals surface area contributed by atoms with Crippen molar-refractivity contribution in [3.05, 3.63) is 12.4 Å². The second kappa shape index (κ2) is 5.65. The first kappa shape index (κ1) is 11.1. The Labute approximate surface area is 96.1 Å². The Kier molecular flexibility index (Phi) is 3.93. The molecule has 0 spiro atoms. The van der Waals surface area contributed by atoms with Crippen LogP contribution < -0.4 is 16.0 Å². The lowest BCUT2D eigenvalue weighted by Crippen LogP contribution is -2.22. The zero-order valence-corrected chi connectivity index (χ0v) is 9.66. The molecule has 0 bridgehead atoms. The Morgan fingerprint density at radius 2 is 2.31 bits per heavy atom. The van der Waals surface area contributed by atoms with Crippen LogP contribution in [0.15, 0.2) is 12.4 Å². The minimum atomic E-state index is 0.494. The summed E-state index contributed by atoms with van der Waals surface area (Å²) in [7, 11) is 0. The van der Waals surface area contributed by atoms with Crippen LogP contribution in [0.5, 0.6) is 0 Å². The van der Waals surface area contributed by atoms with Crippen molar-refractivity contribution < 1.29 is 0 Å². The minimum absolute atomic E-state index is 0.494. The summed E-state index contributed by atoms with van der Waals surface area (Å²) in [6.07, 6.45) is 3.85. The highest BCUT2D eigenvalue weighted by Gasteiger charge is 2.14. The van der Waals surface area contributed by atoms with Gasteiger partial charge >= 0.3 is 0 Å². The third-order valence-corrected chi connectivity index (χ3v) is 2.64. The Morgan fingerprint density at radius 1 is 1.44 bits per heavy atom. The zero-order valence-electron chi connectivity index (χ0n) is 9.66. The largest absolute Gasteiger partial charge is 0.370 e. The van der Waals surface area contributed by atoms with Gasteiger partial charge in [-0.2, -0.15) is 0 Å². The van der Waals surface area contributed by atoms with Gasteiger partial charge in [-0.3, -0.25) is 0 Å². The fourth-order valence-corrected chi connectivity index (χ4v) is 1.77. The summed E-state index contributed by atoms with van der Waals surface area (Å²) in [5.74, 6) is 1.80. The third kappa shape index (κ3) is 3.06. The van der Waals surface area contributed by atoms with Crippen molar-refractivity contribution in [3.63, 3.8) is 0 Å². The Balaban J connectivity index is 1.92. The van der Waals surface area contributed by atoms with Crippen molar-refractivity contribution in [1.82, 2.24) is 15.3 Å². The molecule has 16 heavy (non-hydrogen) atoms. The van der Waals surface area contributed by atoms with E-state index in [0.717, 1.165) is 44.1 Å². The summed E-state index contributed by atoms with van der Waals surface area (Å²) in [5, 5.41) is 9.98. The van der Waals surface area contributed by atoms with Gasteiger partial charge in [0.15, 0.2) is 0 Å². The van der Waals surface area contributed by atoms with Crippen molar-refractivity contribution in [2.75, 3.05) is 30.3 Å². The average Bonchev–Trinajstić information content (AvgIpc) is 2.80. The normalized spacial score (nSPS) is 19.7. The number of hydrogen-bond acceptors (Lipinski definition) is 5. The van der Waals surface area contributed by atoms with Gasteiger partial charge in [-0.1, -0.05) is 6.92 Å². The van der Waals surface area contributed by atoms with E-state index in [2.05, 4.69) is 32.8 Å². The molecule has 1 atom stereocenters. The second-order valence-corrected chi connectivity index (χ2v) is 4.05. The smallest absolute Gasteiger partial charge is 0.131 e. The van der Waals surface area contributed by atoms with Crippen LogP contribution in [-0.4, -0.2) is 35.6 Å². The van der Waals surface area contributed by atoms with Gasteiger partial charge < -0.3 is 16.0 Å². The molecule has 0 aromatic carbocycles. The van der Waals surface area contributed by atoms with Crippen LogP contribution in [0.1, 0.15) is 19.8 Å². The SMILES string of the molecule is CCCNc1cc(NC2CCNC2)ncn1. The van der Waals surface area contributed by atoms with Crippen LogP contribution >= 0.6 is 0 Å². The maximum absolute atomic E-state index is 4.22. The van der Waals surface area contributed by atoms with Gasteiger partial charge in [-0.05, 0) is 19.4 Å². The first-order valence-electron chi connectivity index (χ1n) is 5.91. The molecule has 0 amide bonds. The number of hydrogen-bond donors (Lipinski definition) is 3. The summed E-state index contributed by atoms with van der Waals surface area (Å²) < 4.78 is 0. The number of anilines is 2. The number of rotatable bonds is 5. The standard InChI is InChI=1S/C11H19N5/c1-2-4-13-10-6-11(15-8-14-10)16-9-3-5-12-7-9/h6,8-9,12H,2-5,7H2,1H3,(H2,13,14,15,16). The average molecular weight is 221 g/mol. The fourth-order valence-electron chi connectivity index (χ4n) is 1.77. The van der Waals surface area contributed by atoms with Crippen LogP contribution in [0.2, 0.25) is 0 Å². The van der Waals surface area contributed by atoms with E-state index in [1.54, 1.807) is 6.33 Å². The summed E-state index contributed by atoms with van der Waals surface area (Å²) in [6, 6.07) is 2.46. The lowest BCUT2D eigenvalue weighted by Gasteiger charge is -2.12. The molecule has 0 saturated carbocycles. The molecule has 3 N–H and O–H groups in total. The van der Waals surface area contributed by atoms with Crippen molar-refractivity contribution in [2.24, 2.45) is 0 Å². The first-order chi connectivity index (χ1) is 7.88. The van der Waals surface area contributed by atoms with Crippen LogP contribution in [-0.2, 0) is 0 Å². The highest BCUT2D eigenvalue weighted by molar-refractivity contribution is 5.47. The van der Waals surface area contributed by atoms with Gasteiger partial charge in [0.25, 0.3) is 0 Å². The van der Waals surface area contributed by atoms with Crippen molar-refractivity contribution in [2.45, 2.75) is 25.8 Å². The molecule has 5 nitrogen and oxygen atoms in total. The van der Waals surface area contributed by atoms with E-state index in [0.29, 0.717) is 6.04 Å². The van der Waals surface area contributed by atoms with Crippen LogP contribution in [0.4, 0.5) is 11.6 Å². The van der Waals surface area contributed by atoms with Crippen molar-refractivity contribution in [1.29, 1.82) is 0 Å². The number of aromatic nitrogens is 2. The number of nitrogens with zero attached hydrogens (tertiary/aromatic N) is 2. The van der Waals surface area contributed by atoms with E-state index >= 15 is 0 Å². The van der Waals surface area contributed by atoms with E-state index in [9.17, 15) is 0 Å². The van der Waals surface area contributed by atoms with Gasteiger partial charge in [0.1, 0.15) is 18.0 Å². The van der Waals surface area contributed by atoms with Gasteiger partial charge in [0.2, 0.25) is 0 Å². The maximum atomic E-state index is 4.22. The predicted octanol–water partition coefficient (Wildman–Crippen LogP) is 1.07. The van der Waals surface area contributed by atoms with E-state index in [1.165, 1.54) is 0 Å². The van der Waals surface area contributed by atoms with Crippen LogP contribution in [0, 0.1) is 0 Å². The van der Waals surface area contributed by atoms with Gasteiger partial charge in [0.05, 0.1) is 0 Å². The third-order valence-electron chi connectivity index (χ3n) is 2.64.